The highest BCUT2D eigenvalue weighted by Crippen LogP contribution is 2.62. The summed E-state index contributed by atoms with van der Waals surface area (Å²) in [5.74, 6) is 0.596. The average molecular weight is 317 g/mol. The topological polar surface area (TPSA) is 38.8 Å². The van der Waals surface area contributed by atoms with Gasteiger partial charge in [0, 0.05) is 6.04 Å². The van der Waals surface area contributed by atoms with Crippen molar-refractivity contribution in [3.8, 4) is 5.75 Å². The smallest absolute Gasteiger partial charge is 0.306 e. The summed E-state index contributed by atoms with van der Waals surface area (Å²) in [7, 11) is 0.294. The van der Waals surface area contributed by atoms with Crippen LogP contribution in [0.3, 0.4) is 0 Å². The molecule has 0 aliphatic carbocycles. The molecule has 1 aliphatic heterocycles. The summed E-state index contributed by atoms with van der Waals surface area (Å²) >= 11 is 0. The zero-order valence-corrected chi connectivity index (χ0v) is 13.9. The summed E-state index contributed by atoms with van der Waals surface area (Å²) in [5.41, 5.74) is 1.04. The van der Waals surface area contributed by atoms with Gasteiger partial charge in [0.05, 0.1) is 12.4 Å². The molecule has 1 heterocycles. The molecule has 0 N–H and O–H groups in total. The van der Waals surface area contributed by atoms with Crippen molar-refractivity contribution in [3.63, 3.8) is 0 Å². The van der Waals surface area contributed by atoms with E-state index in [0.29, 0.717) is 11.1 Å². The zero-order valence-electron chi connectivity index (χ0n) is 13.0. The van der Waals surface area contributed by atoms with Crippen molar-refractivity contribution in [3.05, 3.63) is 60.2 Å². The Morgan fingerprint density at radius 2 is 1.73 bits per heavy atom. The summed E-state index contributed by atoms with van der Waals surface area (Å²) in [6.45, 7) is 2.03. The molecule has 3 rings (SSSR count). The molecule has 0 aromatic heterocycles. The highest BCUT2D eigenvalue weighted by molar-refractivity contribution is 7.65. The molecular formula is C17H20NO3P. The minimum atomic E-state index is -3.14. The van der Waals surface area contributed by atoms with Crippen LogP contribution >= 0.6 is 7.52 Å². The van der Waals surface area contributed by atoms with Gasteiger partial charge in [-0.2, -0.15) is 0 Å². The quantitative estimate of drug-likeness (QED) is 0.811. The van der Waals surface area contributed by atoms with E-state index >= 15 is 0 Å². The van der Waals surface area contributed by atoms with E-state index < -0.39 is 7.52 Å². The van der Waals surface area contributed by atoms with Crippen molar-refractivity contribution in [2.24, 2.45) is 0 Å². The third-order valence-electron chi connectivity index (χ3n) is 4.22. The predicted molar refractivity (Wildman–Crippen MR) is 87.7 cm³/mol. The van der Waals surface area contributed by atoms with Gasteiger partial charge in [0.15, 0.2) is 0 Å². The maximum atomic E-state index is 13.5. The molecule has 1 fully saturated rings. The van der Waals surface area contributed by atoms with Crippen LogP contribution in [0.1, 0.15) is 18.6 Å². The second-order valence-corrected chi connectivity index (χ2v) is 7.81. The fourth-order valence-electron chi connectivity index (χ4n) is 2.82. The van der Waals surface area contributed by atoms with E-state index in [1.165, 1.54) is 0 Å². The van der Waals surface area contributed by atoms with Crippen molar-refractivity contribution in [1.82, 2.24) is 4.67 Å². The molecule has 2 aromatic rings. The number of hydrogen-bond donors (Lipinski definition) is 0. The standard InChI is InChI=1S/C17H20NO3P/c1-13-17(14-9-5-4-6-10-14)21-22(19,18(13)2)16-12-8-7-11-15(16)20-3/h4-13,17H,1-3H3/t13-,17-,22+/m0/s1. The lowest BCUT2D eigenvalue weighted by Gasteiger charge is -2.22. The van der Waals surface area contributed by atoms with E-state index in [9.17, 15) is 4.57 Å². The van der Waals surface area contributed by atoms with Gasteiger partial charge in [-0.25, -0.2) is 4.67 Å². The second kappa shape index (κ2) is 5.88. The molecule has 116 valence electrons. The minimum absolute atomic E-state index is 0.0122. The Morgan fingerprint density at radius 1 is 1.09 bits per heavy atom. The van der Waals surface area contributed by atoms with Crippen LogP contribution in [0.2, 0.25) is 0 Å². The van der Waals surface area contributed by atoms with Crippen LogP contribution in [0, 0.1) is 0 Å². The van der Waals surface area contributed by atoms with Crippen LogP contribution in [0.4, 0.5) is 0 Å². The number of methoxy groups -OCH3 is 1. The Bertz CT molecular complexity index is 704. The van der Waals surface area contributed by atoms with Crippen molar-refractivity contribution in [2.45, 2.75) is 19.1 Å². The average Bonchev–Trinajstić information content (AvgIpc) is 2.81. The fraction of sp³-hybridized carbons (Fsp3) is 0.294. The number of likely N-dealkylation sites (N-methyl/N-ethyl adjacent to an activating group) is 1. The normalized spacial score (nSPS) is 28.7. The van der Waals surface area contributed by atoms with Crippen molar-refractivity contribution in [2.75, 3.05) is 14.2 Å². The molecule has 0 radical (unpaired) electrons. The number of rotatable bonds is 3. The van der Waals surface area contributed by atoms with Crippen LogP contribution in [-0.4, -0.2) is 24.9 Å². The number of para-hydroxylation sites is 1. The van der Waals surface area contributed by atoms with E-state index in [1.807, 2.05) is 73.2 Å². The largest absolute Gasteiger partial charge is 0.496 e. The Morgan fingerprint density at radius 3 is 2.41 bits per heavy atom. The summed E-state index contributed by atoms with van der Waals surface area (Å²) in [6.07, 6.45) is -0.220. The molecule has 3 atom stereocenters. The van der Waals surface area contributed by atoms with Crippen molar-refractivity contribution < 1.29 is 13.8 Å². The van der Waals surface area contributed by atoms with Gasteiger partial charge in [0.25, 0.3) is 0 Å². The monoisotopic (exact) mass is 317 g/mol. The molecule has 0 amide bonds. The van der Waals surface area contributed by atoms with Gasteiger partial charge < -0.3 is 9.26 Å². The van der Waals surface area contributed by atoms with Crippen molar-refractivity contribution >= 4 is 12.8 Å². The molecule has 5 heteroatoms. The molecule has 0 bridgehead atoms. The van der Waals surface area contributed by atoms with Gasteiger partial charge in [0.1, 0.15) is 11.9 Å². The Balaban J connectivity index is 2.03. The lowest BCUT2D eigenvalue weighted by Crippen LogP contribution is -2.26. The first-order valence-electron chi connectivity index (χ1n) is 7.28. The summed E-state index contributed by atoms with van der Waals surface area (Å²) < 4.78 is 26.8. The SMILES string of the molecule is COc1ccccc1[P@@]1(=O)O[C@H](c2ccccc2)[C@H](C)N1C. The first-order chi connectivity index (χ1) is 10.6. The van der Waals surface area contributed by atoms with Gasteiger partial charge >= 0.3 is 7.52 Å². The molecule has 0 saturated carbocycles. The molecule has 4 nitrogen and oxygen atoms in total. The number of nitrogens with zero attached hydrogens (tertiary/aromatic N) is 1. The van der Waals surface area contributed by atoms with Gasteiger partial charge in [-0.1, -0.05) is 42.5 Å². The van der Waals surface area contributed by atoms with Crippen LogP contribution in [0.15, 0.2) is 54.6 Å². The third kappa shape index (κ3) is 2.38. The van der Waals surface area contributed by atoms with Crippen molar-refractivity contribution in [1.29, 1.82) is 0 Å². The second-order valence-electron chi connectivity index (χ2n) is 5.44. The summed E-state index contributed by atoms with van der Waals surface area (Å²) in [4.78, 5) is 0. The van der Waals surface area contributed by atoms with Crippen LogP contribution in [0.5, 0.6) is 5.75 Å². The molecule has 2 aromatic carbocycles. The fourth-order valence-corrected chi connectivity index (χ4v) is 5.35. The molecule has 1 aliphatic rings. The lowest BCUT2D eigenvalue weighted by molar-refractivity contribution is 0.212. The van der Waals surface area contributed by atoms with Gasteiger partial charge in [-0.05, 0) is 31.7 Å². The van der Waals surface area contributed by atoms with Gasteiger partial charge in [-0.3, -0.25) is 4.57 Å². The highest BCUT2D eigenvalue weighted by atomic mass is 31.2. The van der Waals surface area contributed by atoms with Crippen LogP contribution < -0.4 is 10.0 Å². The highest BCUT2D eigenvalue weighted by Gasteiger charge is 2.48. The molecule has 0 spiro atoms. The molecule has 1 saturated heterocycles. The molecule has 0 unspecified atom stereocenters. The lowest BCUT2D eigenvalue weighted by atomic mass is 10.0. The van der Waals surface area contributed by atoms with E-state index in [2.05, 4.69) is 0 Å². The van der Waals surface area contributed by atoms with Crippen LogP contribution in [0.25, 0.3) is 0 Å². The van der Waals surface area contributed by atoms with E-state index in [0.717, 1.165) is 5.56 Å². The van der Waals surface area contributed by atoms with Crippen LogP contribution in [-0.2, 0) is 9.09 Å². The molecule has 22 heavy (non-hydrogen) atoms. The van der Waals surface area contributed by atoms with E-state index in [4.69, 9.17) is 9.26 Å². The molecular weight excluding hydrogens is 297 g/mol. The first kappa shape index (κ1) is 15.3. The number of ether oxygens (including phenoxy) is 1. The summed E-state index contributed by atoms with van der Waals surface area (Å²) in [5, 5.41) is 0.616. The number of benzene rings is 2. The maximum absolute atomic E-state index is 13.5. The summed E-state index contributed by atoms with van der Waals surface area (Å²) in [6, 6.07) is 17.3. The Labute approximate surface area is 131 Å². The Hall–Kier alpha value is -1.61. The van der Waals surface area contributed by atoms with E-state index in [1.54, 1.807) is 7.11 Å². The van der Waals surface area contributed by atoms with Gasteiger partial charge in [0.2, 0.25) is 0 Å². The first-order valence-corrected chi connectivity index (χ1v) is 8.86. The zero-order chi connectivity index (χ0) is 15.7. The Kier molecular flexibility index (Phi) is 4.09. The van der Waals surface area contributed by atoms with Gasteiger partial charge in [-0.15, -0.1) is 0 Å². The predicted octanol–water partition coefficient (Wildman–Crippen LogP) is 3.61. The maximum Gasteiger partial charge on any atom is 0.306 e. The minimum Gasteiger partial charge on any atom is -0.496 e. The van der Waals surface area contributed by atoms with E-state index in [-0.39, 0.29) is 12.1 Å². The number of hydrogen-bond acceptors (Lipinski definition) is 3. The third-order valence-corrected chi connectivity index (χ3v) is 6.90.